The van der Waals surface area contributed by atoms with Crippen LogP contribution in [0.25, 0.3) is 6.08 Å². The van der Waals surface area contributed by atoms with Crippen LogP contribution in [0.3, 0.4) is 0 Å². The highest BCUT2D eigenvalue weighted by Crippen LogP contribution is 2.11. The molecule has 1 rings (SSSR count). The molecule has 84 valence electrons. The molecular weight excluding hydrogens is 200 g/mol. The lowest BCUT2D eigenvalue weighted by Crippen LogP contribution is -2.06. The average molecular weight is 216 g/mol. The third-order valence-electron chi connectivity index (χ3n) is 2.26. The van der Waals surface area contributed by atoms with Crippen LogP contribution in [-0.2, 0) is 4.79 Å². The summed E-state index contributed by atoms with van der Waals surface area (Å²) in [5.74, 6) is 0.180. The molecular formula is C14H16O2. The molecule has 0 saturated heterocycles. The molecule has 0 aliphatic heterocycles. The normalized spacial score (nSPS) is 10.9. The molecule has 0 heterocycles. The third-order valence-corrected chi connectivity index (χ3v) is 2.26. The maximum Gasteiger partial charge on any atom is 0.165 e. The van der Waals surface area contributed by atoms with Crippen LogP contribution in [0.5, 0.6) is 0 Å². The fourth-order valence-corrected chi connectivity index (χ4v) is 1.35. The zero-order valence-corrected chi connectivity index (χ0v) is 9.64. The van der Waals surface area contributed by atoms with E-state index in [2.05, 4.69) is 0 Å². The number of allylic oxidation sites excluding steroid dienone is 1. The first-order chi connectivity index (χ1) is 7.65. The van der Waals surface area contributed by atoms with Crippen molar-refractivity contribution in [1.82, 2.24) is 0 Å². The molecule has 0 aliphatic rings. The van der Waals surface area contributed by atoms with Crippen molar-refractivity contribution in [3.63, 3.8) is 0 Å². The van der Waals surface area contributed by atoms with Crippen LogP contribution in [0.2, 0.25) is 0 Å². The van der Waals surface area contributed by atoms with Crippen LogP contribution in [0, 0.1) is 5.92 Å². The van der Waals surface area contributed by atoms with Crippen LogP contribution < -0.4 is 0 Å². The summed E-state index contributed by atoms with van der Waals surface area (Å²) >= 11 is 0. The van der Waals surface area contributed by atoms with Gasteiger partial charge in [-0.15, -0.1) is 0 Å². The van der Waals surface area contributed by atoms with Gasteiger partial charge in [0.05, 0.1) is 0 Å². The van der Waals surface area contributed by atoms with E-state index in [0.29, 0.717) is 6.42 Å². The van der Waals surface area contributed by atoms with E-state index in [1.165, 1.54) is 0 Å². The molecule has 2 nitrogen and oxygen atoms in total. The molecule has 16 heavy (non-hydrogen) atoms. The maximum atomic E-state index is 11.7. The molecule has 0 atom stereocenters. The van der Waals surface area contributed by atoms with Crippen molar-refractivity contribution in [2.75, 3.05) is 0 Å². The van der Waals surface area contributed by atoms with Crippen LogP contribution in [0.4, 0.5) is 0 Å². The number of benzene rings is 1. The third kappa shape index (κ3) is 3.46. The molecule has 0 N–H and O–H groups in total. The predicted octanol–water partition coefficient (Wildman–Crippen LogP) is 3.13. The summed E-state index contributed by atoms with van der Waals surface area (Å²) in [6.07, 6.45) is 4.95. The summed E-state index contributed by atoms with van der Waals surface area (Å²) in [5.41, 5.74) is 1.74. The van der Waals surface area contributed by atoms with Crippen molar-refractivity contribution in [2.45, 2.75) is 20.3 Å². The lowest BCUT2D eigenvalue weighted by molar-refractivity contribution is -0.107. The van der Waals surface area contributed by atoms with Gasteiger partial charge in [0.1, 0.15) is 6.29 Å². The van der Waals surface area contributed by atoms with E-state index >= 15 is 0 Å². The monoisotopic (exact) mass is 216 g/mol. The van der Waals surface area contributed by atoms with E-state index in [4.69, 9.17) is 0 Å². The van der Waals surface area contributed by atoms with E-state index in [0.717, 1.165) is 17.4 Å². The SMILES string of the molecule is CC(C)C(=O)c1ccc(C=CCC=O)cc1. The van der Waals surface area contributed by atoms with Gasteiger partial charge in [-0.3, -0.25) is 4.79 Å². The molecule has 0 aliphatic carbocycles. The Morgan fingerprint density at radius 3 is 2.38 bits per heavy atom. The first kappa shape index (κ1) is 12.4. The molecule has 1 aromatic rings. The molecule has 0 aromatic heterocycles. The minimum absolute atomic E-state index is 0.0245. The highest BCUT2D eigenvalue weighted by molar-refractivity contribution is 5.97. The van der Waals surface area contributed by atoms with Crippen molar-refractivity contribution in [3.8, 4) is 0 Å². The summed E-state index contributed by atoms with van der Waals surface area (Å²) in [5, 5.41) is 0. The number of carbonyl (C=O) groups is 2. The Labute approximate surface area is 96.0 Å². The van der Waals surface area contributed by atoms with Gasteiger partial charge in [0.25, 0.3) is 0 Å². The Morgan fingerprint density at radius 2 is 1.88 bits per heavy atom. The second-order valence-corrected chi connectivity index (χ2v) is 3.95. The van der Waals surface area contributed by atoms with Crippen LogP contribution in [-0.4, -0.2) is 12.1 Å². The summed E-state index contributed by atoms with van der Waals surface area (Å²) in [6, 6.07) is 7.42. The Kier molecular flexibility index (Phi) is 4.65. The minimum atomic E-state index is 0.0245. The van der Waals surface area contributed by atoms with Gasteiger partial charge in [-0.25, -0.2) is 0 Å². The summed E-state index contributed by atoms with van der Waals surface area (Å²) in [6.45, 7) is 3.78. The zero-order valence-electron chi connectivity index (χ0n) is 9.64. The highest BCUT2D eigenvalue weighted by atomic mass is 16.1. The molecule has 0 spiro atoms. The Bertz CT molecular complexity index is 386. The number of rotatable bonds is 5. The largest absolute Gasteiger partial charge is 0.303 e. The van der Waals surface area contributed by atoms with E-state index in [1.54, 1.807) is 6.08 Å². The number of hydrogen-bond donors (Lipinski definition) is 0. The van der Waals surface area contributed by atoms with Gasteiger partial charge in [-0.05, 0) is 5.56 Å². The molecule has 1 aromatic carbocycles. The number of ketones is 1. The summed E-state index contributed by atoms with van der Waals surface area (Å²) < 4.78 is 0. The van der Waals surface area contributed by atoms with Crippen molar-refractivity contribution in [3.05, 3.63) is 41.5 Å². The van der Waals surface area contributed by atoms with Crippen molar-refractivity contribution < 1.29 is 9.59 Å². The van der Waals surface area contributed by atoms with Crippen molar-refractivity contribution in [2.24, 2.45) is 5.92 Å². The highest BCUT2D eigenvalue weighted by Gasteiger charge is 2.08. The lowest BCUT2D eigenvalue weighted by atomic mass is 10.00. The standard InChI is InChI=1S/C14H16O2/c1-11(2)14(16)13-8-6-12(7-9-13)5-3-4-10-15/h3,5-11H,4H2,1-2H3. The van der Waals surface area contributed by atoms with Gasteiger partial charge < -0.3 is 4.79 Å². The fourth-order valence-electron chi connectivity index (χ4n) is 1.35. The first-order valence-corrected chi connectivity index (χ1v) is 5.39. The number of aldehydes is 1. The van der Waals surface area contributed by atoms with Crippen molar-refractivity contribution >= 4 is 18.1 Å². The molecule has 0 amide bonds. The van der Waals surface area contributed by atoms with E-state index < -0.39 is 0 Å². The minimum Gasteiger partial charge on any atom is -0.303 e. The van der Waals surface area contributed by atoms with Gasteiger partial charge >= 0.3 is 0 Å². The smallest absolute Gasteiger partial charge is 0.165 e. The second kappa shape index (κ2) is 6.01. The number of Topliss-reactive ketones (excluding diaryl/α,β-unsaturated/α-hetero) is 1. The van der Waals surface area contributed by atoms with Gasteiger partial charge in [0.15, 0.2) is 5.78 Å². The second-order valence-electron chi connectivity index (χ2n) is 3.95. The van der Waals surface area contributed by atoms with E-state index in [-0.39, 0.29) is 11.7 Å². The number of hydrogen-bond acceptors (Lipinski definition) is 2. The molecule has 2 heteroatoms. The Morgan fingerprint density at radius 1 is 1.25 bits per heavy atom. The summed E-state index contributed by atoms with van der Waals surface area (Å²) in [4.78, 5) is 21.8. The zero-order chi connectivity index (χ0) is 12.0. The molecule has 0 radical (unpaired) electrons. The molecule has 0 saturated carbocycles. The number of carbonyl (C=O) groups excluding carboxylic acids is 2. The van der Waals surface area contributed by atoms with Crippen LogP contribution >= 0.6 is 0 Å². The van der Waals surface area contributed by atoms with Crippen molar-refractivity contribution in [1.29, 1.82) is 0 Å². The quantitative estimate of drug-likeness (QED) is 0.559. The predicted molar refractivity (Wildman–Crippen MR) is 65.3 cm³/mol. The average Bonchev–Trinajstić information content (AvgIpc) is 2.29. The Hall–Kier alpha value is -1.70. The molecule has 0 fully saturated rings. The van der Waals surface area contributed by atoms with Crippen LogP contribution in [0.15, 0.2) is 30.3 Å². The maximum absolute atomic E-state index is 11.7. The topological polar surface area (TPSA) is 34.1 Å². The van der Waals surface area contributed by atoms with Gasteiger partial charge in [-0.1, -0.05) is 50.3 Å². The molecule has 0 unspecified atom stereocenters. The van der Waals surface area contributed by atoms with Gasteiger partial charge in [-0.2, -0.15) is 0 Å². The lowest BCUT2D eigenvalue weighted by Gasteiger charge is -2.03. The Balaban J connectivity index is 2.75. The van der Waals surface area contributed by atoms with Gasteiger partial charge in [0.2, 0.25) is 0 Å². The summed E-state index contributed by atoms with van der Waals surface area (Å²) in [7, 11) is 0. The first-order valence-electron chi connectivity index (χ1n) is 5.39. The fraction of sp³-hybridized carbons (Fsp3) is 0.286. The van der Waals surface area contributed by atoms with E-state index in [9.17, 15) is 9.59 Å². The van der Waals surface area contributed by atoms with E-state index in [1.807, 2.05) is 44.2 Å². The molecule has 0 bridgehead atoms. The van der Waals surface area contributed by atoms with Crippen LogP contribution in [0.1, 0.15) is 36.2 Å². The van der Waals surface area contributed by atoms with Gasteiger partial charge in [0, 0.05) is 17.9 Å².